The first-order valence-corrected chi connectivity index (χ1v) is 4.95. The lowest BCUT2D eigenvalue weighted by Crippen LogP contribution is -2.38. The van der Waals surface area contributed by atoms with Crippen LogP contribution in [0.5, 0.6) is 0 Å². The topological polar surface area (TPSA) is 93.3 Å². The summed E-state index contributed by atoms with van der Waals surface area (Å²) in [4.78, 5) is 26.2. The van der Waals surface area contributed by atoms with E-state index < -0.39 is 17.9 Å². The van der Waals surface area contributed by atoms with E-state index in [1.165, 1.54) is 6.20 Å². The molecule has 0 saturated carbocycles. The number of nitrogens with zero attached hydrogens (tertiary/aromatic N) is 1. The van der Waals surface area contributed by atoms with Crippen molar-refractivity contribution in [1.82, 2.24) is 4.98 Å². The predicted octanol–water partition coefficient (Wildman–Crippen LogP) is 0.702. The predicted molar refractivity (Wildman–Crippen MR) is 58.0 cm³/mol. The fourth-order valence-corrected chi connectivity index (χ4v) is 1.34. The molecule has 0 bridgehead atoms. The maximum Gasteiger partial charge on any atom is 0.303 e. The van der Waals surface area contributed by atoms with Gasteiger partial charge in [-0.05, 0) is 18.1 Å². The van der Waals surface area contributed by atoms with Crippen molar-refractivity contribution in [3.8, 4) is 0 Å². The van der Waals surface area contributed by atoms with Crippen LogP contribution in [0.4, 0.5) is 0 Å². The number of carboxylic acid groups (broad SMARTS) is 1. The van der Waals surface area contributed by atoms with Gasteiger partial charge in [-0.3, -0.25) is 14.6 Å². The van der Waals surface area contributed by atoms with Crippen LogP contribution in [0.15, 0.2) is 24.4 Å². The van der Waals surface area contributed by atoms with E-state index >= 15 is 0 Å². The summed E-state index contributed by atoms with van der Waals surface area (Å²) < 4.78 is 0. The molecule has 5 heteroatoms. The maximum absolute atomic E-state index is 11.8. The molecule has 1 aromatic heterocycles. The maximum atomic E-state index is 11.8. The van der Waals surface area contributed by atoms with Crippen molar-refractivity contribution < 1.29 is 14.7 Å². The minimum atomic E-state index is -0.961. The number of carbonyl (C=O) groups excluding carboxylic acids is 1. The Labute approximate surface area is 93.3 Å². The monoisotopic (exact) mass is 222 g/mol. The highest BCUT2D eigenvalue weighted by molar-refractivity contribution is 5.98. The third-order valence-corrected chi connectivity index (χ3v) is 2.33. The van der Waals surface area contributed by atoms with Crippen molar-refractivity contribution in [3.05, 3.63) is 30.1 Å². The summed E-state index contributed by atoms with van der Waals surface area (Å²) in [5.41, 5.74) is 5.96. The normalized spacial score (nSPS) is 14.1. The second kappa shape index (κ2) is 5.37. The average Bonchev–Trinajstić information content (AvgIpc) is 2.27. The first-order valence-electron chi connectivity index (χ1n) is 4.95. The lowest BCUT2D eigenvalue weighted by Gasteiger charge is -2.16. The van der Waals surface area contributed by atoms with Crippen LogP contribution in [0.1, 0.15) is 23.8 Å². The third-order valence-electron chi connectivity index (χ3n) is 2.33. The second-order valence-electron chi connectivity index (χ2n) is 3.68. The van der Waals surface area contributed by atoms with Gasteiger partial charge in [-0.25, -0.2) is 0 Å². The number of Topliss-reactive ketones (excluding diaryl/α,β-unsaturated/α-hetero) is 1. The van der Waals surface area contributed by atoms with Gasteiger partial charge in [0.05, 0.1) is 6.04 Å². The molecule has 0 aromatic carbocycles. The Balaban J connectivity index is 2.71. The van der Waals surface area contributed by atoms with E-state index in [-0.39, 0.29) is 17.9 Å². The third kappa shape index (κ3) is 3.13. The van der Waals surface area contributed by atoms with Crippen molar-refractivity contribution in [3.63, 3.8) is 0 Å². The molecular formula is C11H14N2O3. The van der Waals surface area contributed by atoms with Gasteiger partial charge < -0.3 is 10.8 Å². The van der Waals surface area contributed by atoms with Crippen molar-refractivity contribution in [2.24, 2.45) is 11.7 Å². The van der Waals surface area contributed by atoms with Crippen LogP contribution in [0.25, 0.3) is 0 Å². The molecule has 2 atom stereocenters. The highest BCUT2D eigenvalue weighted by atomic mass is 16.4. The van der Waals surface area contributed by atoms with E-state index in [1.54, 1.807) is 25.1 Å². The number of hydrogen-bond donors (Lipinski definition) is 2. The molecule has 0 aliphatic carbocycles. The second-order valence-corrected chi connectivity index (χ2v) is 3.68. The Bertz CT molecular complexity index is 378. The van der Waals surface area contributed by atoms with Gasteiger partial charge in [-0.15, -0.1) is 0 Å². The number of pyridine rings is 1. The molecule has 0 aliphatic rings. The van der Waals surface area contributed by atoms with Gasteiger partial charge in [0.1, 0.15) is 5.69 Å². The summed E-state index contributed by atoms with van der Waals surface area (Å²) >= 11 is 0. The molecule has 1 rings (SSSR count). The highest BCUT2D eigenvalue weighted by Crippen LogP contribution is 2.10. The molecule has 86 valence electrons. The first-order chi connectivity index (χ1) is 7.52. The lowest BCUT2D eigenvalue weighted by molar-refractivity contribution is -0.138. The zero-order valence-electron chi connectivity index (χ0n) is 8.96. The van der Waals surface area contributed by atoms with Gasteiger partial charge in [0.15, 0.2) is 5.78 Å². The molecule has 0 saturated heterocycles. The van der Waals surface area contributed by atoms with Crippen molar-refractivity contribution in [2.45, 2.75) is 19.4 Å². The number of carboxylic acids is 1. The molecule has 0 radical (unpaired) electrons. The van der Waals surface area contributed by atoms with Gasteiger partial charge in [0.25, 0.3) is 0 Å². The molecule has 1 heterocycles. The molecule has 0 fully saturated rings. The number of carbonyl (C=O) groups is 2. The lowest BCUT2D eigenvalue weighted by atomic mass is 9.94. The summed E-state index contributed by atoms with van der Waals surface area (Å²) in [5, 5.41) is 8.60. The molecule has 0 spiro atoms. The summed E-state index contributed by atoms with van der Waals surface area (Å²) in [7, 11) is 0. The van der Waals surface area contributed by atoms with Crippen LogP contribution < -0.4 is 5.73 Å². The molecule has 5 nitrogen and oxygen atoms in total. The van der Waals surface area contributed by atoms with Crippen LogP contribution in [-0.2, 0) is 4.79 Å². The molecule has 0 aliphatic heterocycles. The summed E-state index contributed by atoms with van der Waals surface area (Å²) in [6, 6.07) is 4.12. The molecule has 3 N–H and O–H groups in total. The Morgan fingerprint density at radius 1 is 1.50 bits per heavy atom. The number of ketones is 1. The zero-order chi connectivity index (χ0) is 12.1. The largest absolute Gasteiger partial charge is 0.481 e. The summed E-state index contributed by atoms with van der Waals surface area (Å²) in [5.74, 6) is -1.70. The van der Waals surface area contributed by atoms with Crippen LogP contribution in [0, 0.1) is 5.92 Å². The fraction of sp³-hybridized carbons (Fsp3) is 0.364. The van der Waals surface area contributed by atoms with Gasteiger partial charge in [-0.1, -0.05) is 13.0 Å². The Morgan fingerprint density at radius 2 is 2.19 bits per heavy atom. The standard InChI is InChI=1S/C11H14N2O3/c1-7(6-9(14)15)10(12)11(16)8-4-2-3-5-13-8/h2-5,7,10H,6,12H2,1H3,(H,14,15). The van der Waals surface area contributed by atoms with Crippen molar-refractivity contribution >= 4 is 11.8 Å². The molecule has 16 heavy (non-hydrogen) atoms. The number of rotatable bonds is 5. The van der Waals surface area contributed by atoms with E-state index in [0.717, 1.165) is 0 Å². The van der Waals surface area contributed by atoms with E-state index in [1.807, 2.05) is 0 Å². The molecule has 2 unspecified atom stereocenters. The van der Waals surface area contributed by atoms with Crippen LogP contribution in [-0.4, -0.2) is 27.9 Å². The zero-order valence-corrected chi connectivity index (χ0v) is 8.96. The fourth-order valence-electron chi connectivity index (χ4n) is 1.34. The van der Waals surface area contributed by atoms with E-state index in [2.05, 4.69) is 4.98 Å². The smallest absolute Gasteiger partial charge is 0.303 e. The quantitative estimate of drug-likeness (QED) is 0.715. The number of hydrogen-bond acceptors (Lipinski definition) is 4. The first kappa shape index (κ1) is 12.3. The number of aromatic nitrogens is 1. The molecular weight excluding hydrogens is 208 g/mol. The summed E-state index contributed by atoms with van der Waals surface area (Å²) in [6.07, 6.45) is 1.38. The van der Waals surface area contributed by atoms with E-state index in [0.29, 0.717) is 0 Å². The van der Waals surface area contributed by atoms with Crippen molar-refractivity contribution in [1.29, 1.82) is 0 Å². The van der Waals surface area contributed by atoms with Crippen LogP contribution in [0.2, 0.25) is 0 Å². The number of aliphatic carboxylic acids is 1. The van der Waals surface area contributed by atoms with E-state index in [4.69, 9.17) is 10.8 Å². The van der Waals surface area contributed by atoms with Crippen LogP contribution in [0.3, 0.4) is 0 Å². The molecule has 1 aromatic rings. The Morgan fingerprint density at radius 3 is 2.69 bits per heavy atom. The highest BCUT2D eigenvalue weighted by Gasteiger charge is 2.24. The Hall–Kier alpha value is -1.75. The minimum absolute atomic E-state index is 0.125. The van der Waals surface area contributed by atoms with E-state index in [9.17, 15) is 9.59 Å². The average molecular weight is 222 g/mol. The SMILES string of the molecule is CC(CC(=O)O)C(N)C(=O)c1ccccn1. The Kier molecular flexibility index (Phi) is 4.13. The van der Waals surface area contributed by atoms with Gasteiger partial charge >= 0.3 is 5.97 Å². The van der Waals surface area contributed by atoms with Crippen molar-refractivity contribution in [2.75, 3.05) is 0 Å². The van der Waals surface area contributed by atoms with Crippen LogP contribution >= 0.6 is 0 Å². The number of nitrogens with two attached hydrogens (primary N) is 1. The minimum Gasteiger partial charge on any atom is -0.481 e. The summed E-state index contributed by atoms with van der Waals surface area (Å²) in [6.45, 7) is 1.64. The van der Waals surface area contributed by atoms with Gasteiger partial charge in [0.2, 0.25) is 0 Å². The van der Waals surface area contributed by atoms with Gasteiger partial charge in [0, 0.05) is 12.6 Å². The molecule has 0 amide bonds. The van der Waals surface area contributed by atoms with Gasteiger partial charge in [-0.2, -0.15) is 0 Å².